The maximum Gasteiger partial charge on any atom is 0.573 e. The second-order valence-electron chi connectivity index (χ2n) is 10.9. The van der Waals surface area contributed by atoms with Crippen LogP contribution in [-0.4, -0.2) is 51.2 Å². The fourth-order valence-corrected chi connectivity index (χ4v) is 5.20. The molecule has 228 valence electrons. The molecule has 1 aliphatic heterocycles. The minimum Gasteiger partial charge on any atom is -0.491 e. The van der Waals surface area contributed by atoms with Crippen LogP contribution in [0.1, 0.15) is 44.6 Å². The molecule has 0 amide bonds. The number of halogens is 4. The number of anilines is 1. The first kappa shape index (κ1) is 31.4. The topological polar surface area (TPSA) is 103 Å². The minimum atomic E-state index is -4.68. The molecule has 1 saturated heterocycles. The van der Waals surface area contributed by atoms with Crippen molar-refractivity contribution in [2.75, 3.05) is 24.6 Å². The highest BCUT2D eigenvalue weighted by atomic mass is 35.5. The Morgan fingerprint density at radius 3 is 2.33 bits per heavy atom. The second kappa shape index (κ2) is 13.6. The van der Waals surface area contributed by atoms with E-state index in [1.165, 1.54) is 22.9 Å². The third kappa shape index (κ3) is 9.52. The van der Waals surface area contributed by atoms with Crippen LogP contribution in [0.5, 0.6) is 11.5 Å². The van der Waals surface area contributed by atoms with Gasteiger partial charge in [0.25, 0.3) is 0 Å². The summed E-state index contributed by atoms with van der Waals surface area (Å²) in [6, 6.07) is 13.8. The fourth-order valence-electron chi connectivity index (χ4n) is 4.98. The van der Waals surface area contributed by atoms with E-state index < -0.39 is 16.9 Å². The zero-order valence-corrected chi connectivity index (χ0v) is 24.0. The number of hydrogen-bond acceptors (Lipinski definition) is 7. The second-order valence-corrected chi connectivity index (χ2v) is 11.2. The fraction of sp³-hybridized carbons (Fsp3) is 0.483. The number of hydrogen-bond donors (Lipinski definition) is 1. The average molecular weight is 611 g/mol. The maximum atomic E-state index is 12.3. The van der Waals surface area contributed by atoms with E-state index in [0.717, 1.165) is 56.4 Å². The monoisotopic (exact) mass is 610 g/mol. The largest absolute Gasteiger partial charge is 0.573 e. The molecule has 2 aromatic carbocycles. The van der Waals surface area contributed by atoms with Crippen LogP contribution in [0.3, 0.4) is 0 Å². The standard InChI is InChI=1S/C29H34ClF3N4O5/c1-28(38,15-18-36-19-26(37(39)40)34-27(36)30)20-41-24-11-7-23(8-12-24)35-16-13-22(14-17-35)4-2-3-21-5-9-25(10-6-21)42-29(31,32)33/h5-12,19,22,38H,2-4,13-18,20H2,1H3. The molecule has 0 aliphatic carbocycles. The zero-order valence-electron chi connectivity index (χ0n) is 23.2. The summed E-state index contributed by atoms with van der Waals surface area (Å²) >= 11 is 5.94. The Hall–Kier alpha value is -3.51. The van der Waals surface area contributed by atoms with Crippen molar-refractivity contribution in [2.45, 2.75) is 64.0 Å². The number of aliphatic hydroxyl groups is 1. The first-order chi connectivity index (χ1) is 19.9. The van der Waals surface area contributed by atoms with Crippen LogP contribution < -0.4 is 14.4 Å². The molecule has 1 atom stereocenters. The summed E-state index contributed by atoms with van der Waals surface area (Å²) in [5, 5.41) is 21.6. The molecule has 9 nitrogen and oxygen atoms in total. The molecule has 0 radical (unpaired) electrons. The number of aryl methyl sites for hydroxylation is 2. The smallest absolute Gasteiger partial charge is 0.491 e. The zero-order chi connectivity index (χ0) is 30.3. The van der Waals surface area contributed by atoms with Crippen LogP contribution in [0.15, 0.2) is 54.7 Å². The van der Waals surface area contributed by atoms with Gasteiger partial charge < -0.3 is 29.6 Å². The summed E-state index contributed by atoms with van der Waals surface area (Å²) in [6.45, 7) is 3.81. The van der Waals surface area contributed by atoms with Crippen molar-refractivity contribution < 1.29 is 32.7 Å². The Balaban J connectivity index is 1.15. The van der Waals surface area contributed by atoms with Gasteiger partial charge in [-0.05, 0) is 115 Å². The number of ether oxygens (including phenoxy) is 2. The van der Waals surface area contributed by atoms with Gasteiger partial charge in [-0.25, -0.2) is 0 Å². The number of benzene rings is 2. The molecule has 1 aromatic heterocycles. The Morgan fingerprint density at radius 1 is 1.10 bits per heavy atom. The molecular weight excluding hydrogens is 577 g/mol. The van der Waals surface area contributed by atoms with E-state index in [0.29, 0.717) is 11.7 Å². The quantitative estimate of drug-likeness (QED) is 0.168. The SMILES string of the molecule is CC(O)(CCn1cc([N+](=O)[O-])nc1Cl)COc1ccc(N2CCC(CCCc3ccc(OC(F)(F)F)cc3)CC2)cc1. The third-order valence-electron chi connectivity index (χ3n) is 7.39. The highest BCUT2D eigenvalue weighted by molar-refractivity contribution is 6.28. The lowest BCUT2D eigenvalue weighted by molar-refractivity contribution is -0.389. The van der Waals surface area contributed by atoms with E-state index in [9.17, 15) is 28.4 Å². The molecule has 1 fully saturated rings. The van der Waals surface area contributed by atoms with E-state index in [1.54, 1.807) is 19.1 Å². The Morgan fingerprint density at radius 2 is 1.74 bits per heavy atom. The number of aromatic nitrogens is 2. The summed E-state index contributed by atoms with van der Waals surface area (Å²) in [5.41, 5.74) is 0.915. The number of nitrogens with zero attached hydrogens (tertiary/aromatic N) is 4. The summed E-state index contributed by atoms with van der Waals surface area (Å²) < 4.78 is 48.1. The number of imidazole rings is 1. The van der Waals surface area contributed by atoms with E-state index in [2.05, 4.69) is 14.6 Å². The normalized spacial score (nSPS) is 15.8. The molecule has 3 aromatic rings. The number of rotatable bonds is 13. The molecule has 42 heavy (non-hydrogen) atoms. The Labute approximate surface area is 247 Å². The van der Waals surface area contributed by atoms with Crippen LogP contribution in [-0.2, 0) is 13.0 Å². The van der Waals surface area contributed by atoms with E-state index in [4.69, 9.17) is 16.3 Å². The van der Waals surface area contributed by atoms with Crippen molar-refractivity contribution >= 4 is 23.1 Å². The Kier molecular flexibility index (Phi) is 10.2. The van der Waals surface area contributed by atoms with Gasteiger partial charge in [0, 0.05) is 25.3 Å². The third-order valence-corrected chi connectivity index (χ3v) is 7.70. The molecule has 0 bridgehead atoms. The van der Waals surface area contributed by atoms with Gasteiger partial charge in [0.15, 0.2) is 0 Å². The minimum absolute atomic E-state index is 0.00910. The van der Waals surface area contributed by atoms with Crippen molar-refractivity contribution in [3.8, 4) is 11.5 Å². The number of nitro groups is 1. The van der Waals surface area contributed by atoms with Gasteiger partial charge in [-0.15, -0.1) is 13.2 Å². The highest BCUT2D eigenvalue weighted by Crippen LogP contribution is 2.29. The van der Waals surface area contributed by atoms with Crippen molar-refractivity contribution in [2.24, 2.45) is 5.92 Å². The maximum absolute atomic E-state index is 12.3. The lowest BCUT2D eigenvalue weighted by Crippen LogP contribution is -2.34. The predicted octanol–water partition coefficient (Wildman–Crippen LogP) is 6.80. The molecule has 0 spiro atoms. The van der Waals surface area contributed by atoms with Gasteiger partial charge >= 0.3 is 17.5 Å². The van der Waals surface area contributed by atoms with Crippen molar-refractivity contribution in [1.82, 2.24) is 9.55 Å². The summed E-state index contributed by atoms with van der Waals surface area (Å²) in [4.78, 5) is 16.2. The molecule has 1 aliphatic rings. The lowest BCUT2D eigenvalue weighted by atomic mass is 9.90. The van der Waals surface area contributed by atoms with Crippen LogP contribution >= 0.6 is 11.6 Å². The summed E-state index contributed by atoms with van der Waals surface area (Å²) in [7, 11) is 0. The van der Waals surface area contributed by atoms with Crippen LogP contribution in [0.25, 0.3) is 0 Å². The Bertz CT molecular complexity index is 1310. The molecule has 1 unspecified atom stereocenters. The average Bonchev–Trinajstić information content (AvgIpc) is 3.33. The van der Waals surface area contributed by atoms with Gasteiger partial charge in [0.05, 0.1) is 5.60 Å². The lowest BCUT2D eigenvalue weighted by Gasteiger charge is -2.34. The van der Waals surface area contributed by atoms with E-state index in [1.807, 2.05) is 24.3 Å². The van der Waals surface area contributed by atoms with Gasteiger partial charge in [0.1, 0.15) is 24.3 Å². The summed E-state index contributed by atoms with van der Waals surface area (Å²) in [5.74, 6) is 0.699. The van der Waals surface area contributed by atoms with Gasteiger partial charge in [0.2, 0.25) is 0 Å². The van der Waals surface area contributed by atoms with Crippen LogP contribution in [0, 0.1) is 16.0 Å². The van der Waals surface area contributed by atoms with Crippen LogP contribution in [0.4, 0.5) is 24.7 Å². The first-order valence-corrected chi connectivity index (χ1v) is 14.2. The molecule has 0 saturated carbocycles. The van der Waals surface area contributed by atoms with Gasteiger partial charge in [-0.1, -0.05) is 12.1 Å². The van der Waals surface area contributed by atoms with Crippen LogP contribution in [0.2, 0.25) is 5.28 Å². The molecular formula is C29H34ClF3N4O5. The molecule has 13 heteroatoms. The van der Waals surface area contributed by atoms with E-state index in [-0.39, 0.29) is 36.4 Å². The highest BCUT2D eigenvalue weighted by Gasteiger charge is 2.31. The number of alkyl halides is 3. The molecule has 1 N–H and O–H groups in total. The predicted molar refractivity (Wildman–Crippen MR) is 152 cm³/mol. The van der Waals surface area contributed by atoms with Crippen molar-refractivity contribution in [3.05, 3.63) is 75.7 Å². The number of piperidine rings is 1. The summed E-state index contributed by atoms with van der Waals surface area (Å²) in [6.07, 6.45) is 1.85. The molecule has 2 heterocycles. The van der Waals surface area contributed by atoms with E-state index >= 15 is 0 Å². The van der Waals surface area contributed by atoms with Crippen molar-refractivity contribution in [1.29, 1.82) is 0 Å². The first-order valence-electron chi connectivity index (χ1n) is 13.8. The van der Waals surface area contributed by atoms with Gasteiger partial charge in [-0.2, -0.15) is 0 Å². The van der Waals surface area contributed by atoms with Gasteiger partial charge in [-0.3, -0.25) is 4.57 Å². The van der Waals surface area contributed by atoms with Crippen molar-refractivity contribution in [3.63, 3.8) is 0 Å². The molecule has 4 rings (SSSR count).